The average Bonchev–Trinajstić information content (AvgIpc) is 2.31. The van der Waals surface area contributed by atoms with Crippen molar-refractivity contribution < 1.29 is 9.53 Å². The number of hydrogen-bond donors (Lipinski definition) is 1. The van der Waals surface area contributed by atoms with E-state index in [9.17, 15) is 4.79 Å². The second-order valence-electron chi connectivity index (χ2n) is 6.97. The van der Waals surface area contributed by atoms with E-state index in [1.165, 1.54) is 24.8 Å². The molecule has 0 aromatic rings. The largest absolute Gasteiger partial charge is 0.444 e. The fraction of sp³-hybridized carbons (Fsp3) is 0.812. The minimum absolute atomic E-state index is 0.199. The third kappa shape index (κ3) is 4.82. The lowest BCUT2D eigenvalue weighted by molar-refractivity contribution is 0.0265. The SMILES string of the molecule is CC(C)(C)OC(=O)N1CC=C(CNCC2CCC2)CC1. The van der Waals surface area contributed by atoms with E-state index in [0.29, 0.717) is 6.54 Å². The zero-order chi connectivity index (χ0) is 14.6. The molecule has 0 saturated heterocycles. The summed E-state index contributed by atoms with van der Waals surface area (Å²) in [5.74, 6) is 0.900. The Balaban J connectivity index is 1.68. The van der Waals surface area contributed by atoms with Crippen molar-refractivity contribution in [3.63, 3.8) is 0 Å². The summed E-state index contributed by atoms with van der Waals surface area (Å²) >= 11 is 0. The normalized spacial score (nSPS) is 20.4. The van der Waals surface area contributed by atoms with Crippen LogP contribution < -0.4 is 5.32 Å². The molecule has 0 bridgehead atoms. The maximum Gasteiger partial charge on any atom is 0.410 e. The van der Waals surface area contributed by atoms with E-state index in [-0.39, 0.29) is 6.09 Å². The monoisotopic (exact) mass is 280 g/mol. The molecule has 2 rings (SSSR count). The number of carbonyl (C=O) groups is 1. The quantitative estimate of drug-likeness (QED) is 0.805. The van der Waals surface area contributed by atoms with E-state index >= 15 is 0 Å². The molecule has 0 atom stereocenters. The van der Waals surface area contributed by atoms with Crippen LogP contribution in [0.1, 0.15) is 46.5 Å². The molecule has 0 unspecified atom stereocenters. The van der Waals surface area contributed by atoms with E-state index in [1.54, 1.807) is 4.90 Å². The van der Waals surface area contributed by atoms with Crippen LogP contribution in [0.15, 0.2) is 11.6 Å². The van der Waals surface area contributed by atoms with Gasteiger partial charge < -0.3 is 15.0 Å². The van der Waals surface area contributed by atoms with Crippen LogP contribution in [0.3, 0.4) is 0 Å². The van der Waals surface area contributed by atoms with E-state index in [1.807, 2.05) is 20.8 Å². The van der Waals surface area contributed by atoms with Crippen LogP contribution in [0.25, 0.3) is 0 Å². The summed E-state index contributed by atoms with van der Waals surface area (Å²) in [6.45, 7) is 9.27. The van der Waals surface area contributed by atoms with Crippen LogP contribution in [0.5, 0.6) is 0 Å². The highest BCUT2D eigenvalue weighted by Gasteiger charge is 2.23. The number of hydrogen-bond acceptors (Lipinski definition) is 3. The molecule has 114 valence electrons. The summed E-state index contributed by atoms with van der Waals surface area (Å²) in [6, 6.07) is 0. The molecule has 0 spiro atoms. The standard InChI is InChI=1S/C16H28N2O2/c1-16(2,3)20-15(19)18-9-7-14(8-10-18)12-17-11-13-5-4-6-13/h7,13,17H,4-6,8-12H2,1-3H3. The van der Waals surface area contributed by atoms with Gasteiger partial charge in [0.15, 0.2) is 0 Å². The zero-order valence-electron chi connectivity index (χ0n) is 13.1. The maximum absolute atomic E-state index is 11.9. The molecule has 0 aromatic heterocycles. The Hall–Kier alpha value is -1.03. The van der Waals surface area contributed by atoms with Gasteiger partial charge in [0.2, 0.25) is 0 Å². The topological polar surface area (TPSA) is 41.6 Å². The Morgan fingerprint density at radius 3 is 2.70 bits per heavy atom. The summed E-state index contributed by atoms with van der Waals surface area (Å²) < 4.78 is 5.39. The highest BCUT2D eigenvalue weighted by atomic mass is 16.6. The highest BCUT2D eigenvalue weighted by Crippen LogP contribution is 2.25. The Labute approximate surface area is 122 Å². The third-order valence-corrected chi connectivity index (χ3v) is 3.96. The fourth-order valence-corrected chi connectivity index (χ4v) is 2.50. The Bertz CT molecular complexity index is 367. The maximum atomic E-state index is 11.9. The first-order chi connectivity index (χ1) is 9.44. The van der Waals surface area contributed by atoms with Gasteiger partial charge in [-0.1, -0.05) is 18.1 Å². The van der Waals surface area contributed by atoms with Crippen molar-refractivity contribution in [1.82, 2.24) is 10.2 Å². The summed E-state index contributed by atoms with van der Waals surface area (Å²) in [4.78, 5) is 13.7. The number of rotatable bonds is 4. The molecule has 0 aromatic carbocycles. The molecule has 1 aliphatic heterocycles. The average molecular weight is 280 g/mol. The molecule has 1 saturated carbocycles. The molecule has 20 heavy (non-hydrogen) atoms. The first-order valence-electron chi connectivity index (χ1n) is 7.80. The lowest BCUT2D eigenvalue weighted by Gasteiger charge is -2.30. The molecule has 1 N–H and O–H groups in total. The van der Waals surface area contributed by atoms with Gasteiger partial charge in [-0.25, -0.2) is 4.79 Å². The number of nitrogens with zero attached hydrogens (tertiary/aromatic N) is 1. The Morgan fingerprint density at radius 1 is 1.45 bits per heavy atom. The molecule has 4 heteroatoms. The van der Waals surface area contributed by atoms with Crippen LogP contribution in [-0.2, 0) is 4.74 Å². The van der Waals surface area contributed by atoms with Gasteiger partial charge in [-0.2, -0.15) is 0 Å². The minimum atomic E-state index is -0.411. The predicted octanol–water partition coefficient (Wildman–Crippen LogP) is 2.94. The molecular formula is C16H28N2O2. The van der Waals surface area contributed by atoms with Gasteiger partial charge in [0.25, 0.3) is 0 Å². The van der Waals surface area contributed by atoms with Crippen LogP contribution in [-0.4, -0.2) is 42.8 Å². The van der Waals surface area contributed by atoms with Crippen LogP contribution in [0, 0.1) is 5.92 Å². The van der Waals surface area contributed by atoms with Gasteiger partial charge in [0.1, 0.15) is 5.60 Å². The lowest BCUT2D eigenvalue weighted by Crippen LogP contribution is -2.40. The van der Waals surface area contributed by atoms with Crippen molar-refractivity contribution in [3.05, 3.63) is 11.6 Å². The fourth-order valence-electron chi connectivity index (χ4n) is 2.50. The molecule has 2 aliphatic rings. The van der Waals surface area contributed by atoms with Crippen molar-refractivity contribution >= 4 is 6.09 Å². The first-order valence-corrected chi connectivity index (χ1v) is 7.80. The van der Waals surface area contributed by atoms with Gasteiger partial charge in [-0.15, -0.1) is 0 Å². The Kier molecular flexibility index (Phi) is 5.08. The van der Waals surface area contributed by atoms with Gasteiger partial charge in [0, 0.05) is 19.6 Å². The molecule has 1 heterocycles. The van der Waals surface area contributed by atoms with Crippen LogP contribution >= 0.6 is 0 Å². The molecule has 1 fully saturated rings. The van der Waals surface area contributed by atoms with Crippen molar-refractivity contribution in [2.45, 2.75) is 52.1 Å². The summed E-state index contributed by atoms with van der Waals surface area (Å²) in [7, 11) is 0. The van der Waals surface area contributed by atoms with Gasteiger partial charge in [0.05, 0.1) is 0 Å². The van der Waals surface area contributed by atoms with Gasteiger partial charge >= 0.3 is 6.09 Å². The van der Waals surface area contributed by atoms with E-state index in [0.717, 1.165) is 32.0 Å². The number of carbonyl (C=O) groups excluding carboxylic acids is 1. The Morgan fingerprint density at radius 2 is 2.20 bits per heavy atom. The minimum Gasteiger partial charge on any atom is -0.444 e. The first kappa shape index (κ1) is 15.4. The van der Waals surface area contributed by atoms with E-state index < -0.39 is 5.60 Å². The molecule has 1 aliphatic carbocycles. The lowest BCUT2D eigenvalue weighted by atomic mass is 9.85. The highest BCUT2D eigenvalue weighted by molar-refractivity contribution is 5.68. The van der Waals surface area contributed by atoms with E-state index in [4.69, 9.17) is 4.74 Å². The predicted molar refractivity (Wildman–Crippen MR) is 80.7 cm³/mol. The van der Waals surface area contributed by atoms with Gasteiger partial charge in [-0.05, 0) is 52.5 Å². The number of ether oxygens (including phenoxy) is 1. The zero-order valence-corrected chi connectivity index (χ0v) is 13.1. The van der Waals surface area contributed by atoms with Crippen molar-refractivity contribution in [2.24, 2.45) is 5.92 Å². The van der Waals surface area contributed by atoms with Crippen LogP contribution in [0.2, 0.25) is 0 Å². The second kappa shape index (κ2) is 6.61. The number of amides is 1. The molecular weight excluding hydrogens is 252 g/mol. The smallest absolute Gasteiger partial charge is 0.410 e. The summed E-state index contributed by atoms with van der Waals surface area (Å²) in [5.41, 5.74) is 1.01. The van der Waals surface area contributed by atoms with E-state index in [2.05, 4.69) is 11.4 Å². The molecule has 4 nitrogen and oxygen atoms in total. The summed E-state index contributed by atoms with van der Waals surface area (Å²) in [5, 5.41) is 3.54. The van der Waals surface area contributed by atoms with Gasteiger partial charge in [-0.3, -0.25) is 0 Å². The van der Waals surface area contributed by atoms with Crippen molar-refractivity contribution in [2.75, 3.05) is 26.2 Å². The second-order valence-corrected chi connectivity index (χ2v) is 6.97. The third-order valence-electron chi connectivity index (χ3n) is 3.96. The number of nitrogens with one attached hydrogen (secondary N) is 1. The molecule has 0 radical (unpaired) electrons. The van der Waals surface area contributed by atoms with Crippen LogP contribution in [0.4, 0.5) is 4.79 Å². The van der Waals surface area contributed by atoms with Crippen molar-refractivity contribution in [1.29, 1.82) is 0 Å². The molecule has 1 amide bonds. The summed E-state index contributed by atoms with van der Waals surface area (Å²) in [6.07, 6.45) is 7.10. The van der Waals surface area contributed by atoms with Crippen molar-refractivity contribution in [3.8, 4) is 0 Å².